The normalized spacial score (nSPS) is 21.2. The highest BCUT2D eigenvalue weighted by Crippen LogP contribution is 2.25. The van der Waals surface area contributed by atoms with E-state index in [4.69, 9.17) is 11.1 Å². The Kier molecular flexibility index (Phi) is 5.15. The minimum Gasteiger partial charge on any atom is -0.388 e. The van der Waals surface area contributed by atoms with E-state index in [1.165, 1.54) is 24.9 Å². The van der Waals surface area contributed by atoms with E-state index in [2.05, 4.69) is 48.2 Å². The summed E-state index contributed by atoms with van der Waals surface area (Å²) < 4.78 is 0. The Morgan fingerprint density at radius 2 is 2.15 bits per heavy atom. The molecule has 3 N–H and O–H groups in total. The number of nitrogens with zero attached hydrogens (tertiary/aromatic N) is 2. The molecule has 2 rings (SSSR count). The molecule has 20 heavy (non-hydrogen) atoms. The summed E-state index contributed by atoms with van der Waals surface area (Å²) in [5.74, 6) is 0.255. The summed E-state index contributed by atoms with van der Waals surface area (Å²) in [6.45, 7) is 2.23. The topological polar surface area (TPSA) is 56.4 Å². The molecule has 1 aromatic carbocycles. The quantitative estimate of drug-likeness (QED) is 0.617. The van der Waals surface area contributed by atoms with Gasteiger partial charge in [-0.25, -0.2) is 0 Å². The number of rotatable bonds is 6. The van der Waals surface area contributed by atoms with Crippen molar-refractivity contribution in [3.8, 4) is 0 Å². The summed E-state index contributed by atoms with van der Waals surface area (Å²) in [7, 11) is 4.35. The zero-order chi connectivity index (χ0) is 14.5. The van der Waals surface area contributed by atoms with E-state index in [-0.39, 0.29) is 11.9 Å². The average Bonchev–Trinajstić information content (AvgIpc) is 2.82. The number of likely N-dealkylation sites (N-methyl/N-ethyl adjacent to an activating group) is 2. The summed E-state index contributed by atoms with van der Waals surface area (Å²) in [6.07, 6.45) is 3.15. The van der Waals surface area contributed by atoms with Crippen molar-refractivity contribution in [1.82, 2.24) is 9.80 Å². The molecule has 1 heterocycles. The summed E-state index contributed by atoms with van der Waals surface area (Å²) in [5.41, 5.74) is 6.89. The molecule has 2 atom stereocenters. The number of amidine groups is 1. The minimum atomic E-state index is 0.197. The highest BCUT2D eigenvalue weighted by atomic mass is 15.2. The smallest absolute Gasteiger partial charge is 0.0924 e. The molecule has 2 unspecified atom stereocenters. The second kappa shape index (κ2) is 6.86. The lowest BCUT2D eigenvalue weighted by molar-refractivity contribution is 0.179. The van der Waals surface area contributed by atoms with Gasteiger partial charge in [-0.3, -0.25) is 10.3 Å². The van der Waals surface area contributed by atoms with Gasteiger partial charge in [0.25, 0.3) is 0 Å². The maximum atomic E-state index is 7.63. The van der Waals surface area contributed by atoms with Crippen molar-refractivity contribution in [3.05, 3.63) is 35.9 Å². The Hall–Kier alpha value is -1.39. The molecule has 0 aliphatic carbocycles. The number of hydrogen-bond acceptors (Lipinski definition) is 3. The fraction of sp³-hybridized carbons (Fsp3) is 0.562. The maximum absolute atomic E-state index is 7.63. The van der Waals surface area contributed by atoms with E-state index in [1.807, 2.05) is 6.07 Å². The first-order valence-corrected chi connectivity index (χ1v) is 7.36. The van der Waals surface area contributed by atoms with Gasteiger partial charge in [0.15, 0.2) is 0 Å². The van der Waals surface area contributed by atoms with Crippen LogP contribution < -0.4 is 5.73 Å². The van der Waals surface area contributed by atoms with E-state index in [0.717, 1.165) is 6.54 Å². The third-order valence-corrected chi connectivity index (χ3v) is 4.30. The highest BCUT2D eigenvalue weighted by molar-refractivity contribution is 5.77. The Morgan fingerprint density at radius 1 is 1.45 bits per heavy atom. The first kappa shape index (κ1) is 15.0. The van der Waals surface area contributed by atoms with Crippen LogP contribution in [0.4, 0.5) is 0 Å². The van der Waals surface area contributed by atoms with Crippen molar-refractivity contribution in [2.45, 2.75) is 31.3 Å². The van der Waals surface area contributed by atoms with E-state index in [9.17, 15) is 0 Å². The largest absolute Gasteiger partial charge is 0.388 e. The number of hydrogen-bond donors (Lipinski definition) is 2. The second-order valence-corrected chi connectivity index (χ2v) is 5.87. The van der Waals surface area contributed by atoms with Crippen LogP contribution in [0, 0.1) is 5.41 Å². The van der Waals surface area contributed by atoms with Gasteiger partial charge in [0.1, 0.15) is 0 Å². The summed E-state index contributed by atoms with van der Waals surface area (Å²) in [4.78, 5) is 4.79. The van der Waals surface area contributed by atoms with Crippen LogP contribution in [0.2, 0.25) is 0 Å². The van der Waals surface area contributed by atoms with Crippen LogP contribution in [0.5, 0.6) is 0 Å². The fourth-order valence-corrected chi connectivity index (χ4v) is 3.08. The molecule has 1 aliphatic heterocycles. The van der Waals surface area contributed by atoms with E-state index in [0.29, 0.717) is 12.5 Å². The minimum absolute atomic E-state index is 0.197. The van der Waals surface area contributed by atoms with Crippen LogP contribution in [0.3, 0.4) is 0 Å². The van der Waals surface area contributed by atoms with Crippen molar-refractivity contribution < 1.29 is 0 Å². The Morgan fingerprint density at radius 3 is 2.70 bits per heavy atom. The van der Waals surface area contributed by atoms with E-state index in [1.54, 1.807) is 0 Å². The summed E-state index contributed by atoms with van der Waals surface area (Å²) in [5, 5.41) is 7.63. The van der Waals surface area contributed by atoms with Crippen LogP contribution in [-0.4, -0.2) is 48.9 Å². The van der Waals surface area contributed by atoms with Gasteiger partial charge < -0.3 is 10.6 Å². The van der Waals surface area contributed by atoms with Crippen molar-refractivity contribution in [3.63, 3.8) is 0 Å². The molecule has 1 fully saturated rings. The van der Waals surface area contributed by atoms with Crippen LogP contribution in [-0.2, 0) is 0 Å². The summed E-state index contributed by atoms with van der Waals surface area (Å²) in [6, 6.07) is 11.2. The van der Waals surface area contributed by atoms with Gasteiger partial charge >= 0.3 is 0 Å². The van der Waals surface area contributed by atoms with Gasteiger partial charge in [0.05, 0.1) is 5.84 Å². The lowest BCUT2D eigenvalue weighted by atomic mass is 10.0. The number of likely N-dealkylation sites (tertiary alicyclic amines) is 1. The molecule has 0 aromatic heterocycles. The number of nitrogens with one attached hydrogen (secondary N) is 1. The highest BCUT2D eigenvalue weighted by Gasteiger charge is 2.26. The first-order chi connectivity index (χ1) is 9.58. The molecule has 1 saturated heterocycles. The fourth-order valence-electron chi connectivity index (χ4n) is 3.08. The molecule has 0 radical (unpaired) electrons. The average molecular weight is 274 g/mol. The molecule has 0 bridgehead atoms. The zero-order valence-electron chi connectivity index (χ0n) is 12.5. The van der Waals surface area contributed by atoms with Gasteiger partial charge in [0, 0.05) is 25.0 Å². The number of benzene rings is 1. The number of nitrogens with two attached hydrogens (primary N) is 1. The van der Waals surface area contributed by atoms with E-state index < -0.39 is 0 Å². The Balaban J connectivity index is 2.07. The predicted octanol–water partition coefficient (Wildman–Crippen LogP) is 2.08. The molecule has 1 aliphatic rings. The molecule has 0 saturated carbocycles. The Bertz CT molecular complexity index is 431. The summed E-state index contributed by atoms with van der Waals surface area (Å²) >= 11 is 0. The van der Waals surface area contributed by atoms with Crippen LogP contribution in [0.25, 0.3) is 0 Å². The van der Waals surface area contributed by atoms with Crippen molar-refractivity contribution in [2.75, 3.05) is 27.2 Å². The van der Waals surface area contributed by atoms with Gasteiger partial charge in [-0.1, -0.05) is 30.3 Å². The van der Waals surface area contributed by atoms with Gasteiger partial charge in [0.2, 0.25) is 0 Å². The van der Waals surface area contributed by atoms with Crippen molar-refractivity contribution in [1.29, 1.82) is 5.41 Å². The molecule has 0 spiro atoms. The van der Waals surface area contributed by atoms with Crippen molar-refractivity contribution >= 4 is 5.84 Å². The SMILES string of the molecule is CN1CCCC1CN(C)C(CC(=N)N)c1ccccc1. The molecule has 0 amide bonds. The molecule has 4 heteroatoms. The third-order valence-electron chi connectivity index (χ3n) is 4.30. The molecule has 4 nitrogen and oxygen atoms in total. The first-order valence-electron chi connectivity index (χ1n) is 7.36. The molecule has 110 valence electrons. The second-order valence-electron chi connectivity index (χ2n) is 5.87. The Labute approximate surface area is 122 Å². The van der Waals surface area contributed by atoms with Crippen molar-refractivity contribution in [2.24, 2.45) is 5.73 Å². The maximum Gasteiger partial charge on any atom is 0.0924 e. The monoisotopic (exact) mass is 274 g/mol. The predicted molar refractivity (Wildman–Crippen MR) is 84.0 cm³/mol. The van der Waals surface area contributed by atoms with Crippen LogP contribution in [0.15, 0.2) is 30.3 Å². The van der Waals surface area contributed by atoms with E-state index >= 15 is 0 Å². The molecular formula is C16H26N4. The van der Waals surface area contributed by atoms with Gasteiger partial charge in [-0.05, 0) is 39.0 Å². The zero-order valence-corrected chi connectivity index (χ0v) is 12.5. The van der Waals surface area contributed by atoms with Gasteiger partial charge in [-0.15, -0.1) is 0 Å². The lowest BCUT2D eigenvalue weighted by Gasteiger charge is -2.32. The third kappa shape index (κ3) is 3.81. The lowest BCUT2D eigenvalue weighted by Crippen LogP contribution is -2.39. The molecular weight excluding hydrogens is 248 g/mol. The standard InChI is InChI=1S/C16H26N4/c1-19-10-6-9-14(19)12-20(2)15(11-16(17)18)13-7-4-3-5-8-13/h3-5,7-8,14-15H,6,9-12H2,1-2H3,(H3,17,18). The van der Waals surface area contributed by atoms with Gasteiger partial charge in [-0.2, -0.15) is 0 Å². The molecule has 1 aromatic rings. The van der Waals surface area contributed by atoms with Crippen LogP contribution in [0.1, 0.15) is 30.9 Å². The van der Waals surface area contributed by atoms with Crippen LogP contribution >= 0.6 is 0 Å².